The molecule has 0 saturated heterocycles. The molecule has 0 fully saturated rings. The molecule has 0 radical (unpaired) electrons. The van der Waals surface area contributed by atoms with Crippen molar-refractivity contribution < 1.29 is 17.9 Å². The number of nitrogens with one attached hydrogen (secondary N) is 1. The summed E-state index contributed by atoms with van der Waals surface area (Å²) in [5, 5.41) is 2.73. The summed E-state index contributed by atoms with van der Waals surface area (Å²) in [4.78, 5) is 12.5. The van der Waals surface area contributed by atoms with Gasteiger partial charge in [-0.05, 0) is 36.4 Å². The van der Waals surface area contributed by atoms with E-state index in [1.54, 1.807) is 42.5 Å². The fraction of sp³-hybridized carbons (Fsp3) is 0.0952. The molecule has 0 atom stereocenters. The van der Waals surface area contributed by atoms with Crippen molar-refractivity contribution in [1.82, 2.24) is 0 Å². The fourth-order valence-corrected chi connectivity index (χ4v) is 3.72. The average molecular weight is 381 g/mol. The van der Waals surface area contributed by atoms with Gasteiger partial charge in [0.05, 0.1) is 16.3 Å². The van der Waals surface area contributed by atoms with Crippen LogP contribution in [0.3, 0.4) is 0 Å². The van der Waals surface area contributed by atoms with Crippen LogP contribution in [0, 0.1) is 0 Å². The van der Waals surface area contributed by atoms with E-state index in [0.29, 0.717) is 17.2 Å². The van der Waals surface area contributed by atoms with E-state index in [2.05, 4.69) is 5.32 Å². The molecule has 1 amide bonds. The van der Waals surface area contributed by atoms with Crippen molar-refractivity contribution in [2.75, 3.05) is 11.1 Å². The van der Waals surface area contributed by atoms with Crippen molar-refractivity contribution in [2.45, 2.75) is 11.3 Å². The summed E-state index contributed by atoms with van der Waals surface area (Å²) in [5.74, 6) is 0.484. The van der Waals surface area contributed by atoms with Gasteiger partial charge in [-0.15, -0.1) is 0 Å². The van der Waals surface area contributed by atoms with Crippen molar-refractivity contribution in [3.05, 3.63) is 84.9 Å². The van der Waals surface area contributed by atoms with Gasteiger partial charge in [-0.25, -0.2) is 8.42 Å². The zero-order valence-electron chi connectivity index (χ0n) is 14.5. The maximum absolute atomic E-state index is 12.3. The minimum Gasteiger partial charge on any atom is -0.455 e. The molecule has 0 aliphatic carbocycles. The molecule has 138 valence electrons. The lowest BCUT2D eigenvalue weighted by atomic mass is 10.2. The number of benzene rings is 3. The SMILES string of the molecule is O=C(CCS(=O)(=O)c1ccccc1)Nc1ccccc1Oc1ccccc1. The third kappa shape index (κ3) is 5.18. The molecule has 3 aromatic rings. The van der Waals surface area contributed by atoms with Gasteiger partial charge in [0.15, 0.2) is 15.6 Å². The number of carbonyl (C=O) groups is 1. The molecule has 0 saturated carbocycles. The Bertz CT molecular complexity index is 1000. The number of ether oxygens (including phenoxy) is 1. The maximum atomic E-state index is 12.3. The highest BCUT2D eigenvalue weighted by Crippen LogP contribution is 2.29. The molecule has 0 aliphatic heterocycles. The first kappa shape index (κ1) is 18.7. The monoisotopic (exact) mass is 381 g/mol. The number of hydrogen-bond donors (Lipinski definition) is 1. The molecule has 0 unspecified atom stereocenters. The summed E-state index contributed by atoms with van der Waals surface area (Å²) < 4.78 is 30.4. The van der Waals surface area contributed by atoms with E-state index in [-0.39, 0.29) is 17.1 Å². The number of anilines is 1. The Labute approximate surface area is 158 Å². The smallest absolute Gasteiger partial charge is 0.225 e. The highest BCUT2D eigenvalue weighted by atomic mass is 32.2. The third-order valence-electron chi connectivity index (χ3n) is 3.83. The summed E-state index contributed by atoms with van der Waals surface area (Å²) in [5.41, 5.74) is 0.489. The zero-order chi connectivity index (χ0) is 19.1. The summed E-state index contributed by atoms with van der Waals surface area (Å²) >= 11 is 0. The minimum atomic E-state index is -3.50. The predicted octanol–water partition coefficient (Wildman–Crippen LogP) is 4.28. The van der Waals surface area contributed by atoms with Crippen molar-refractivity contribution >= 4 is 21.4 Å². The highest BCUT2D eigenvalue weighted by molar-refractivity contribution is 7.91. The second kappa shape index (κ2) is 8.51. The molecular weight excluding hydrogens is 362 g/mol. The molecule has 6 heteroatoms. The molecule has 5 nitrogen and oxygen atoms in total. The molecule has 3 rings (SSSR count). The van der Waals surface area contributed by atoms with Crippen LogP contribution >= 0.6 is 0 Å². The van der Waals surface area contributed by atoms with Gasteiger partial charge >= 0.3 is 0 Å². The Hall–Kier alpha value is -3.12. The van der Waals surface area contributed by atoms with Gasteiger partial charge < -0.3 is 10.1 Å². The Kier molecular flexibility index (Phi) is 5.88. The molecule has 0 aromatic heterocycles. The van der Waals surface area contributed by atoms with Crippen LogP contribution in [-0.2, 0) is 14.6 Å². The van der Waals surface area contributed by atoms with Crippen molar-refractivity contribution in [1.29, 1.82) is 0 Å². The minimum absolute atomic E-state index is 0.142. The first-order chi connectivity index (χ1) is 13.0. The lowest BCUT2D eigenvalue weighted by molar-refractivity contribution is -0.115. The van der Waals surface area contributed by atoms with E-state index >= 15 is 0 Å². The molecule has 0 spiro atoms. The van der Waals surface area contributed by atoms with Crippen LogP contribution in [0.5, 0.6) is 11.5 Å². The van der Waals surface area contributed by atoms with Gasteiger partial charge in [-0.3, -0.25) is 4.79 Å². The van der Waals surface area contributed by atoms with Crippen molar-refractivity contribution in [2.24, 2.45) is 0 Å². The van der Waals surface area contributed by atoms with Crippen LogP contribution < -0.4 is 10.1 Å². The largest absolute Gasteiger partial charge is 0.455 e. The van der Waals surface area contributed by atoms with Gasteiger partial charge in [-0.2, -0.15) is 0 Å². The first-order valence-corrected chi connectivity index (χ1v) is 10.1. The number of hydrogen-bond acceptors (Lipinski definition) is 4. The number of para-hydroxylation sites is 3. The first-order valence-electron chi connectivity index (χ1n) is 8.44. The number of amides is 1. The lowest BCUT2D eigenvalue weighted by Gasteiger charge is -2.12. The Morgan fingerprint density at radius 3 is 2.11 bits per heavy atom. The van der Waals surface area contributed by atoms with Crippen LogP contribution in [0.1, 0.15) is 6.42 Å². The fourth-order valence-electron chi connectivity index (χ4n) is 2.46. The van der Waals surface area contributed by atoms with E-state index in [9.17, 15) is 13.2 Å². The van der Waals surface area contributed by atoms with E-state index in [4.69, 9.17) is 4.74 Å². The van der Waals surface area contributed by atoms with Crippen LogP contribution in [0.4, 0.5) is 5.69 Å². The zero-order valence-corrected chi connectivity index (χ0v) is 15.4. The Morgan fingerprint density at radius 2 is 1.41 bits per heavy atom. The summed E-state index contributed by atoms with van der Waals surface area (Å²) in [6.07, 6.45) is -0.142. The van der Waals surface area contributed by atoms with Crippen LogP contribution in [0.2, 0.25) is 0 Å². The van der Waals surface area contributed by atoms with Crippen LogP contribution in [-0.4, -0.2) is 20.1 Å². The van der Waals surface area contributed by atoms with Crippen LogP contribution in [0.25, 0.3) is 0 Å². The maximum Gasteiger partial charge on any atom is 0.225 e. The van der Waals surface area contributed by atoms with Crippen molar-refractivity contribution in [3.8, 4) is 11.5 Å². The second-order valence-electron chi connectivity index (χ2n) is 5.84. The van der Waals surface area contributed by atoms with E-state index in [1.165, 1.54) is 12.1 Å². The molecule has 0 aliphatic rings. The number of carbonyl (C=O) groups excluding carboxylic acids is 1. The number of rotatable bonds is 7. The van der Waals surface area contributed by atoms with Gasteiger partial charge in [0.2, 0.25) is 5.91 Å². The molecule has 0 bridgehead atoms. The number of sulfone groups is 1. The predicted molar refractivity (Wildman–Crippen MR) is 105 cm³/mol. The van der Waals surface area contributed by atoms with Gasteiger partial charge in [-0.1, -0.05) is 48.5 Å². The standard InChI is InChI=1S/C21H19NO4S/c23-21(15-16-27(24,25)18-11-5-2-6-12-18)22-19-13-7-8-14-20(19)26-17-9-3-1-4-10-17/h1-14H,15-16H2,(H,22,23). The normalized spacial score (nSPS) is 11.0. The molecule has 3 aromatic carbocycles. The van der Waals surface area contributed by atoms with E-state index in [0.717, 1.165) is 0 Å². The quantitative estimate of drug-likeness (QED) is 0.663. The highest BCUT2D eigenvalue weighted by Gasteiger charge is 2.17. The molecule has 1 N–H and O–H groups in total. The Morgan fingerprint density at radius 1 is 0.815 bits per heavy atom. The summed E-state index contributed by atoms with van der Waals surface area (Å²) in [6, 6.07) is 24.3. The average Bonchev–Trinajstić information content (AvgIpc) is 2.69. The Balaban J connectivity index is 1.65. The lowest BCUT2D eigenvalue weighted by Crippen LogP contribution is -2.17. The summed E-state index contributed by atoms with van der Waals surface area (Å²) in [6.45, 7) is 0. The second-order valence-corrected chi connectivity index (χ2v) is 7.95. The van der Waals surface area contributed by atoms with Crippen molar-refractivity contribution in [3.63, 3.8) is 0 Å². The van der Waals surface area contributed by atoms with Gasteiger partial charge in [0, 0.05) is 6.42 Å². The molecule has 0 heterocycles. The van der Waals surface area contributed by atoms with Gasteiger partial charge in [0.1, 0.15) is 5.75 Å². The molecular formula is C21H19NO4S. The van der Waals surface area contributed by atoms with Crippen LogP contribution in [0.15, 0.2) is 89.8 Å². The third-order valence-corrected chi connectivity index (χ3v) is 5.56. The molecule has 27 heavy (non-hydrogen) atoms. The topological polar surface area (TPSA) is 72.5 Å². The van der Waals surface area contributed by atoms with E-state index in [1.807, 2.05) is 30.3 Å². The summed E-state index contributed by atoms with van der Waals surface area (Å²) in [7, 11) is -3.50. The van der Waals surface area contributed by atoms with E-state index < -0.39 is 15.7 Å². The van der Waals surface area contributed by atoms with Gasteiger partial charge in [0.25, 0.3) is 0 Å².